The van der Waals surface area contributed by atoms with Crippen LogP contribution in [0.4, 0.5) is 14.9 Å². The van der Waals surface area contributed by atoms with E-state index in [1.807, 2.05) is 19.1 Å². The van der Waals surface area contributed by atoms with Crippen molar-refractivity contribution in [1.29, 1.82) is 0 Å². The number of benzene rings is 2. The number of nitrogens with zero attached hydrogens (tertiary/aromatic N) is 1. The Hall–Kier alpha value is -3.12. The number of rotatable bonds is 3. The second-order valence-corrected chi connectivity index (χ2v) is 6.98. The third-order valence-electron chi connectivity index (χ3n) is 4.19. The summed E-state index contributed by atoms with van der Waals surface area (Å²) in [6.45, 7) is 1.84. The minimum Gasteiger partial charge on any atom is -0.457 e. The molecular formula is C21H14FNO3S. The summed E-state index contributed by atoms with van der Waals surface area (Å²) >= 11 is 0.853. The Morgan fingerprint density at radius 2 is 1.74 bits per heavy atom. The topological polar surface area (TPSA) is 50.5 Å². The van der Waals surface area contributed by atoms with Gasteiger partial charge in [0.15, 0.2) is 0 Å². The van der Waals surface area contributed by atoms with Crippen molar-refractivity contribution < 1.29 is 18.4 Å². The molecule has 3 aromatic rings. The lowest BCUT2D eigenvalue weighted by molar-refractivity contribution is -0.113. The molecule has 1 aliphatic rings. The van der Waals surface area contributed by atoms with Crippen LogP contribution in [-0.2, 0) is 4.79 Å². The number of carbonyl (C=O) groups excluding carboxylic acids is 2. The first-order chi connectivity index (χ1) is 13.0. The molecule has 2 aromatic carbocycles. The largest absolute Gasteiger partial charge is 0.457 e. The maximum Gasteiger partial charge on any atom is 0.298 e. The van der Waals surface area contributed by atoms with Crippen LogP contribution in [0.15, 0.2) is 70.0 Å². The van der Waals surface area contributed by atoms with Gasteiger partial charge in [0.2, 0.25) is 0 Å². The van der Waals surface area contributed by atoms with Gasteiger partial charge in [-0.1, -0.05) is 30.3 Å². The fraction of sp³-hybridized carbons (Fsp3) is 0.0476. The van der Waals surface area contributed by atoms with Gasteiger partial charge < -0.3 is 4.42 Å². The van der Waals surface area contributed by atoms with Gasteiger partial charge in [0.1, 0.15) is 17.3 Å². The van der Waals surface area contributed by atoms with E-state index >= 15 is 0 Å². The molecule has 1 aliphatic heterocycles. The zero-order valence-electron chi connectivity index (χ0n) is 14.3. The summed E-state index contributed by atoms with van der Waals surface area (Å²) in [7, 11) is 0. The second-order valence-electron chi connectivity index (χ2n) is 5.99. The summed E-state index contributed by atoms with van der Waals surface area (Å²) in [4.78, 5) is 26.5. The highest BCUT2D eigenvalue weighted by molar-refractivity contribution is 8.19. The summed E-state index contributed by atoms with van der Waals surface area (Å²) < 4.78 is 19.5. The van der Waals surface area contributed by atoms with E-state index in [-0.39, 0.29) is 10.1 Å². The predicted octanol–water partition coefficient (Wildman–Crippen LogP) is 5.64. The monoisotopic (exact) mass is 379 g/mol. The Labute approximate surface area is 159 Å². The molecule has 0 saturated carbocycles. The van der Waals surface area contributed by atoms with E-state index in [0.29, 0.717) is 22.8 Å². The number of carbonyl (C=O) groups is 2. The lowest BCUT2D eigenvalue weighted by Gasteiger charge is -2.14. The summed E-state index contributed by atoms with van der Waals surface area (Å²) in [5.74, 6) is -0.0533. The van der Waals surface area contributed by atoms with Crippen molar-refractivity contribution in [3.63, 3.8) is 0 Å². The third kappa shape index (κ3) is 3.19. The number of anilines is 1. The number of thioether (sulfide) groups is 1. The number of hydrogen-bond acceptors (Lipinski definition) is 4. The highest BCUT2D eigenvalue weighted by Gasteiger charge is 2.37. The highest BCUT2D eigenvalue weighted by atomic mass is 32.2. The quantitative estimate of drug-likeness (QED) is 0.553. The molecule has 6 heteroatoms. The van der Waals surface area contributed by atoms with Gasteiger partial charge in [-0.15, -0.1) is 0 Å². The highest BCUT2D eigenvalue weighted by Crippen LogP contribution is 2.37. The van der Waals surface area contributed by atoms with Crippen LogP contribution in [0.5, 0.6) is 0 Å². The van der Waals surface area contributed by atoms with E-state index in [1.165, 1.54) is 12.1 Å². The van der Waals surface area contributed by atoms with Crippen LogP contribution in [0.3, 0.4) is 0 Å². The summed E-state index contributed by atoms with van der Waals surface area (Å²) in [5, 5.41) is -0.360. The Morgan fingerprint density at radius 3 is 2.52 bits per heavy atom. The van der Waals surface area contributed by atoms with Gasteiger partial charge in [0.05, 0.1) is 16.2 Å². The van der Waals surface area contributed by atoms with Gasteiger partial charge in [-0.3, -0.25) is 9.59 Å². The molecule has 0 N–H and O–H groups in total. The first kappa shape index (κ1) is 17.3. The van der Waals surface area contributed by atoms with Gasteiger partial charge in [0, 0.05) is 6.08 Å². The van der Waals surface area contributed by atoms with Crippen LogP contribution in [0.25, 0.3) is 17.4 Å². The van der Waals surface area contributed by atoms with Crippen molar-refractivity contribution in [2.45, 2.75) is 6.92 Å². The van der Waals surface area contributed by atoms with Crippen LogP contribution < -0.4 is 4.90 Å². The van der Waals surface area contributed by atoms with Gasteiger partial charge >= 0.3 is 0 Å². The second kappa shape index (κ2) is 6.89. The van der Waals surface area contributed by atoms with E-state index in [2.05, 4.69) is 0 Å². The number of halogens is 1. The molecule has 27 heavy (non-hydrogen) atoms. The van der Waals surface area contributed by atoms with Crippen molar-refractivity contribution >= 4 is 34.7 Å². The number of imide groups is 1. The van der Waals surface area contributed by atoms with E-state index in [0.717, 1.165) is 22.2 Å². The lowest BCUT2D eigenvalue weighted by Crippen LogP contribution is -2.28. The Kier molecular flexibility index (Phi) is 4.41. The van der Waals surface area contributed by atoms with Crippen LogP contribution in [-0.4, -0.2) is 11.1 Å². The molecule has 0 unspecified atom stereocenters. The minimum absolute atomic E-state index is 0.262. The number of furan rings is 1. The van der Waals surface area contributed by atoms with Crippen LogP contribution in [0, 0.1) is 12.7 Å². The first-order valence-corrected chi connectivity index (χ1v) is 9.04. The molecule has 0 atom stereocenters. The molecular weight excluding hydrogens is 365 g/mol. The van der Waals surface area contributed by atoms with Crippen molar-refractivity contribution in [2.24, 2.45) is 0 Å². The SMILES string of the molecule is Cc1ccccc1N1C(=O)SC(=Cc2ccc(-c3ccccc3F)o2)C1=O. The molecule has 0 aliphatic carbocycles. The molecule has 4 nitrogen and oxygen atoms in total. The molecule has 2 amide bonds. The molecule has 0 radical (unpaired) electrons. The van der Waals surface area contributed by atoms with Gasteiger partial charge in [-0.05, 0) is 54.6 Å². The van der Waals surface area contributed by atoms with E-state index in [4.69, 9.17) is 4.42 Å². The smallest absolute Gasteiger partial charge is 0.298 e. The average molecular weight is 379 g/mol. The van der Waals surface area contributed by atoms with Crippen LogP contribution >= 0.6 is 11.8 Å². The maximum absolute atomic E-state index is 13.9. The fourth-order valence-electron chi connectivity index (χ4n) is 2.86. The Balaban J connectivity index is 1.64. The average Bonchev–Trinajstić information content (AvgIpc) is 3.21. The molecule has 0 spiro atoms. The molecule has 4 rings (SSSR count). The summed E-state index contributed by atoms with van der Waals surface area (Å²) in [6.07, 6.45) is 1.51. The molecule has 0 bridgehead atoms. The zero-order valence-corrected chi connectivity index (χ0v) is 15.1. The summed E-state index contributed by atoms with van der Waals surface area (Å²) in [5.41, 5.74) is 1.74. The number of hydrogen-bond donors (Lipinski definition) is 0. The van der Waals surface area contributed by atoms with E-state index < -0.39 is 11.7 Å². The number of amides is 2. The number of para-hydroxylation sites is 1. The molecule has 1 saturated heterocycles. The van der Waals surface area contributed by atoms with Crippen molar-refractivity contribution in [1.82, 2.24) is 0 Å². The Morgan fingerprint density at radius 1 is 1.00 bits per heavy atom. The van der Waals surface area contributed by atoms with E-state index in [9.17, 15) is 14.0 Å². The van der Waals surface area contributed by atoms with Crippen LogP contribution in [0.1, 0.15) is 11.3 Å². The van der Waals surface area contributed by atoms with Gasteiger partial charge in [0.25, 0.3) is 11.1 Å². The van der Waals surface area contributed by atoms with Gasteiger partial charge in [-0.25, -0.2) is 9.29 Å². The first-order valence-electron chi connectivity index (χ1n) is 8.23. The van der Waals surface area contributed by atoms with Crippen molar-refractivity contribution in [3.8, 4) is 11.3 Å². The molecule has 2 heterocycles. The minimum atomic E-state index is -0.400. The standard InChI is InChI=1S/C21H14FNO3S/c1-13-6-2-5-9-17(13)23-20(24)19(27-21(23)25)12-14-10-11-18(26-14)15-7-3-4-8-16(15)22/h2-12H,1H3. The van der Waals surface area contributed by atoms with E-state index in [1.54, 1.807) is 42.5 Å². The molecule has 1 fully saturated rings. The van der Waals surface area contributed by atoms with Crippen molar-refractivity contribution in [2.75, 3.05) is 4.90 Å². The molecule has 134 valence electrons. The Bertz CT molecular complexity index is 1090. The van der Waals surface area contributed by atoms with Crippen molar-refractivity contribution in [3.05, 3.63) is 82.7 Å². The zero-order chi connectivity index (χ0) is 19.0. The normalized spacial score (nSPS) is 15.8. The molecule has 1 aromatic heterocycles. The predicted molar refractivity (Wildman–Crippen MR) is 104 cm³/mol. The third-order valence-corrected chi connectivity index (χ3v) is 5.06. The lowest BCUT2D eigenvalue weighted by atomic mass is 10.1. The fourth-order valence-corrected chi connectivity index (χ4v) is 3.67. The van der Waals surface area contributed by atoms with Crippen LogP contribution in [0.2, 0.25) is 0 Å². The number of aryl methyl sites for hydroxylation is 1. The summed E-state index contributed by atoms with van der Waals surface area (Å²) in [6, 6.07) is 16.8. The van der Waals surface area contributed by atoms with Gasteiger partial charge in [-0.2, -0.15) is 0 Å². The maximum atomic E-state index is 13.9.